The third kappa shape index (κ3) is 4.10. The van der Waals surface area contributed by atoms with Crippen molar-refractivity contribution in [2.24, 2.45) is 0 Å². The molecule has 1 aromatic heterocycles. The van der Waals surface area contributed by atoms with Crippen LogP contribution in [-0.2, 0) is 6.42 Å². The summed E-state index contributed by atoms with van der Waals surface area (Å²) in [6.45, 7) is 2.22. The van der Waals surface area contributed by atoms with Crippen LogP contribution in [0.5, 0.6) is 5.75 Å². The summed E-state index contributed by atoms with van der Waals surface area (Å²) in [5.74, 6) is 0.703. The summed E-state index contributed by atoms with van der Waals surface area (Å²) >= 11 is 0. The Morgan fingerprint density at radius 3 is 2.62 bits per heavy atom. The molecule has 0 radical (unpaired) electrons. The fraction of sp³-hybridized carbons (Fsp3) is 0.500. The van der Waals surface area contributed by atoms with Gasteiger partial charge in [0.1, 0.15) is 11.3 Å². The number of hydrogen-bond acceptors (Lipinski definition) is 3. The van der Waals surface area contributed by atoms with Gasteiger partial charge in [0.05, 0.1) is 18.8 Å². The number of hydrogen-bond donors (Lipinski definition) is 0. The summed E-state index contributed by atoms with van der Waals surface area (Å²) in [5, 5.41) is 0.638. The Labute approximate surface area is 125 Å². The lowest BCUT2D eigenvalue weighted by atomic mass is 10.0. The average molecular weight is 288 g/mol. The van der Waals surface area contributed by atoms with Gasteiger partial charge in [-0.25, -0.2) is 0 Å². The van der Waals surface area contributed by atoms with E-state index in [4.69, 9.17) is 9.15 Å². The monoisotopic (exact) mass is 288 g/mol. The Bertz CT molecular complexity index is 628. The van der Waals surface area contributed by atoms with Crippen molar-refractivity contribution in [2.75, 3.05) is 7.11 Å². The molecule has 0 aliphatic rings. The minimum absolute atomic E-state index is 0.0902. The first-order valence-electron chi connectivity index (χ1n) is 7.84. The molecule has 0 amide bonds. The van der Waals surface area contributed by atoms with Crippen molar-refractivity contribution in [3.63, 3.8) is 0 Å². The normalized spacial score (nSPS) is 11.0. The third-order valence-electron chi connectivity index (χ3n) is 3.85. The summed E-state index contributed by atoms with van der Waals surface area (Å²) in [6.07, 6.45) is 9.76. The molecule has 0 saturated carbocycles. The average Bonchev–Trinajstić information content (AvgIpc) is 2.52. The number of benzene rings is 1. The Kier molecular flexibility index (Phi) is 5.85. The minimum Gasteiger partial charge on any atom is -0.497 e. The molecule has 21 heavy (non-hydrogen) atoms. The summed E-state index contributed by atoms with van der Waals surface area (Å²) in [6, 6.07) is 5.34. The van der Waals surface area contributed by atoms with Crippen LogP contribution in [0.4, 0.5) is 0 Å². The summed E-state index contributed by atoms with van der Waals surface area (Å²) in [4.78, 5) is 12.4. The summed E-state index contributed by atoms with van der Waals surface area (Å²) in [7, 11) is 1.60. The molecule has 0 bridgehead atoms. The molecule has 0 unspecified atom stereocenters. The second-order valence-corrected chi connectivity index (χ2v) is 5.47. The van der Waals surface area contributed by atoms with E-state index in [0.29, 0.717) is 16.7 Å². The van der Waals surface area contributed by atoms with Crippen LogP contribution in [-0.4, -0.2) is 7.11 Å². The van der Waals surface area contributed by atoms with E-state index in [0.717, 1.165) is 18.4 Å². The van der Waals surface area contributed by atoms with Crippen LogP contribution in [0.1, 0.15) is 51.0 Å². The quantitative estimate of drug-likeness (QED) is 0.661. The van der Waals surface area contributed by atoms with Crippen LogP contribution in [0, 0.1) is 0 Å². The predicted octanol–water partition coefficient (Wildman–Crippen LogP) is 4.70. The first-order valence-corrected chi connectivity index (χ1v) is 7.84. The largest absolute Gasteiger partial charge is 0.497 e. The zero-order valence-corrected chi connectivity index (χ0v) is 13.0. The number of methoxy groups -OCH3 is 1. The smallest absolute Gasteiger partial charge is 0.195 e. The standard InChI is InChI=1S/C18H24O3/c1-3-4-5-6-7-8-9-14-13-21-17-12-15(20-2)10-11-16(17)18(14)19/h10-13H,3-9H2,1-2H3. The number of aryl methyl sites for hydroxylation is 1. The van der Waals surface area contributed by atoms with Crippen LogP contribution in [0.25, 0.3) is 11.0 Å². The van der Waals surface area contributed by atoms with E-state index < -0.39 is 0 Å². The van der Waals surface area contributed by atoms with Gasteiger partial charge in [-0.15, -0.1) is 0 Å². The van der Waals surface area contributed by atoms with Gasteiger partial charge in [0, 0.05) is 11.6 Å². The number of unbranched alkanes of at least 4 members (excludes halogenated alkanes) is 5. The molecular formula is C18H24O3. The molecule has 3 nitrogen and oxygen atoms in total. The first kappa shape index (κ1) is 15.6. The van der Waals surface area contributed by atoms with Crippen molar-refractivity contribution in [3.8, 4) is 5.75 Å². The van der Waals surface area contributed by atoms with E-state index >= 15 is 0 Å². The van der Waals surface area contributed by atoms with Crippen LogP contribution in [0.2, 0.25) is 0 Å². The molecule has 0 saturated heterocycles. The molecular weight excluding hydrogens is 264 g/mol. The van der Waals surface area contributed by atoms with Crippen molar-refractivity contribution in [1.29, 1.82) is 0 Å². The van der Waals surface area contributed by atoms with Crippen molar-refractivity contribution >= 4 is 11.0 Å². The van der Waals surface area contributed by atoms with Crippen LogP contribution < -0.4 is 10.2 Å². The lowest BCUT2D eigenvalue weighted by molar-refractivity contribution is 0.414. The van der Waals surface area contributed by atoms with E-state index in [1.165, 1.54) is 32.1 Å². The van der Waals surface area contributed by atoms with Crippen molar-refractivity contribution in [3.05, 3.63) is 40.2 Å². The molecule has 114 valence electrons. The van der Waals surface area contributed by atoms with Gasteiger partial charge >= 0.3 is 0 Å². The van der Waals surface area contributed by atoms with Gasteiger partial charge in [-0.05, 0) is 25.0 Å². The zero-order valence-electron chi connectivity index (χ0n) is 13.0. The highest BCUT2D eigenvalue weighted by atomic mass is 16.5. The van der Waals surface area contributed by atoms with Crippen molar-refractivity contribution < 1.29 is 9.15 Å². The Balaban J connectivity index is 2.01. The molecule has 0 atom stereocenters. The summed E-state index contributed by atoms with van der Waals surface area (Å²) < 4.78 is 10.7. The van der Waals surface area contributed by atoms with Gasteiger partial charge in [-0.2, -0.15) is 0 Å². The number of ether oxygens (including phenoxy) is 1. The van der Waals surface area contributed by atoms with E-state index in [-0.39, 0.29) is 5.43 Å². The van der Waals surface area contributed by atoms with Gasteiger partial charge in [-0.3, -0.25) is 4.79 Å². The Morgan fingerprint density at radius 1 is 1.10 bits per heavy atom. The molecule has 1 aromatic carbocycles. The fourth-order valence-electron chi connectivity index (χ4n) is 2.54. The van der Waals surface area contributed by atoms with Crippen LogP contribution >= 0.6 is 0 Å². The van der Waals surface area contributed by atoms with Gasteiger partial charge < -0.3 is 9.15 Å². The second-order valence-electron chi connectivity index (χ2n) is 5.47. The highest BCUT2D eigenvalue weighted by Gasteiger charge is 2.07. The fourth-order valence-corrected chi connectivity index (χ4v) is 2.54. The number of fused-ring (bicyclic) bond motifs is 1. The van der Waals surface area contributed by atoms with Crippen LogP contribution in [0.15, 0.2) is 33.7 Å². The second kappa shape index (κ2) is 7.87. The van der Waals surface area contributed by atoms with Gasteiger partial charge in [-0.1, -0.05) is 39.0 Å². The topological polar surface area (TPSA) is 39.4 Å². The molecule has 0 N–H and O–H groups in total. The molecule has 0 fully saturated rings. The molecule has 0 aliphatic carbocycles. The molecule has 3 heteroatoms. The third-order valence-corrected chi connectivity index (χ3v) is 3.85. The van der Waals surface area contributed by atoms with E-state index in [1.807, 2.05) is 0 Å². The summed E-state index contributed by atoms with van der Waals surface area (Å²) in [5.41, 5.74) is 1.46. The van der Waals surface area contributed by atoms with E-state index in [1.54, 1.807) is 31.6 Å². The predicted molar refractivity (Wildman–Crippen MR) is 86.1 cm³/mol. The van der Waals surface area contributed by atoms with Gasteiger partial charge in [0.25, 0.3) is 0 Å². The molecule has 2 rings (SSSR count). The maximum atomic E-state index is 12.4. The lowest BCUT2D eigenvalue weighted by Crippen LogP contribution is -2.08. The SMILES string of the molecule is CCCCCCCCc1coc2cc(OC)ccc2c1=O. The maximum absolute atomic E-state index is 12.4. The van der Waals surface area contributed by atoms with Gasteiger partial charge in [0.15, 0.2) is 5.43 Å². The van der Waals surface area contributed by atoms with Crippen LogP contribution in [0.3, 0.4) is 0 Å². The Hall–Kier alpha value is -1.77. The highest BCUT2D eigenvalue weighted by Crippen LogP contribution is 2.19. The Morgan fingerprint density at radius 2 is 1.86 bits per heavy atom. The molecule has 2 aromatic rings. The maximum Gasteiger partial charge on any atom is 0.195 e. The van der Waals surface area contributed by atoms with Gasteiger partial charge in [0.2, 0.25) is 0 Å². The first-order chi connectivity index (χ1) is 10.3. The molecule has 1 heterocycles. The highest BCUT2D eigenvalue weighted by molar-refractivity contribution is 5.78. The van der Waals surface area contributed by atoms with E-state index in [2.05, 4.69) is 6.92 Å². The lowest BCUT2D eigenvalue weighted by Gasteiger charge is -2.04. The molecule has 0 spiro atoms. The minimum atomic E-state index is 0.0902. The molecule has 0 aliphatic heterocycles. The zero-order chi connectivity index (χ0) is 15.1. The number of rotatable bonds is 8. The van der Waals surface area contributed by atoms with Crippen molar-refractivity contribution in [1.82, 2.24) is 0 Å². The van der Waals surface area contributed by atoms with Crippen molar-refractivity contribution in [2.45, 2.75) is 51.9 Å². The van der Waals surface area contributed by atoms with E-state index in [9.17, 15) is 4.79 Å².